The molecule has 0 atom stereocenters. The summed E-state index contributed by atoms with van der Waals surface area (Å²) in [6.45, 7) is 1.91. The number of nitrogen functional groups attached to an aromatic ring is 1. The summed E-state index contributed by atoms with van der Waals surface area (Å²) in [5.74, 6) is 1.18. The average molecular weight is 225 g/mol. The SMILES string of the molecule is Cc1nc(-c2ccccc2)nc2n[nH]c(N)c12. The Bertz CT molecular complexity index is 672. The highest BCUT2D eigenvalue weighted by atomic mass is 15.2. The van der Waals surface area contributed by atoms with Gasteiger partial charge in [0.05, 0.1) is 11.1 Å². The first-order chi connectivity index (χ1) is 8.25. The van der Waals surface area contributed by atoms with Crippen LogP contribution >= 0.6 is 0 Å². The summed E-state index contributed by atoms with van der Waals surface area (Å²) in [5.41, 5.74) is 8.18. The highest BCUT2D eigenvalue weighted by Gasteiger charge is 2.11. The Hall–Kier alpha value is -2.43. The van der Waals surface area contributed by atoms with Crippen LogP contribution in [-0.4, -0.2) is 20.2 Å². The fourth-order valence-electron chi connectivity index (χ4n) is 1.84. The third kappa shape index (κ3) is 1.52. The molecule has 2 aromatic heterocycles. The Balaban J connectivity index is 2.26. The van der Waals surface area contributed by atoms with Gasteiger partial charge in [-0.15, -0.1) is 0 Å². The summed E-state index contributed by atoms with van der Waals surface area (Å²) in [7, 11) is 0. The number of nitrogens with zero attached hydrogens (tertiary/aromatic N) is 3. The maximum absolute atomic E-state index is 5.77. The van der Waals surface area contributed by atoms with E-state index in [0.717, 1.165) is 16.6 Å². The number of anilines is 1. The molecular formula is C12H11N5. The van der Waals surface area contributed by atoms with Crippen molar-refractivity contribution in [2.24, 2.45) is 0 Å². The number of aryl methyl sites for hydroxylation is 1. The van der Waals surface area contributed by atoms with Gasteiger partial charge in [-0.1, -0.05) is 30.3 Å². The highest BCUT2D eigenvalue weighted by molar-refractivity contribution is 5.88. The molecule has 0 amide bonds. The third-order valence-corrected chi connectivity index (χ3v) is 2.65. The second-order valence-corrected chi connectivity index (χ2v) is 3.83. The zero-order valence-corrected chi connectivity index (χ0v) is 9.31. The summed E-state index contributed by atoms with van der Waals surface area (Å²) < 4.78 is 0. The molecule has 84 valence electrons. The van der Waals surface area contributed by atoms with Crippen molar-refractivity contribution >= 4 is 16.9 Å². The molecule has 5 nitrogen and oxygen atoms in total. The molecule has 0 aliphatic carbocycles. The van der Waals surface area contributed by atoms with E-state index in [1.165, 1.54) is 0 Å². The van der Waals surface area contributed by atoms with Crippen LogP contribution < -0.4 is 5.73 Å². The van der Waals surface area contributed by atoms with E-state index in [1.807, 2.05) is 37.3 Å². The van der Waals surface area contributed by atoms with Gasteiger partial charge in [0.1, 0.15) is 5.82 Å². The minimum atomic E-state index is 0.511. The number of benzene rings is 1. The van der Waals surface area contributed by atoms with Crippen molar-refractivity contribution in [3.8, 4) is 11.4 Å². The van der Waals surface area contributed by atoms with Crippen molar-refractivity contribution in [2.75, 3.05) is 5.73 Å². The predicted octanol–water partition coefficient (Wildman–Crippen LogP) is 1.91. The van der Waals surface area contributed by atoms with E-state index in [-0.39, 0.29) is 0 Å². The second kappa shape index (κ2) is 3.55. The van der Waals surface area contributed by atoms with Gasteiger partial charge in [0.15, 0.2) is 11.5 Å². The lowest BCUT2D eigenvalue weighted by atomic mass is 10.2. The lowest BCUT2D eigenvalue weighted by Gasteiger charge is -2.02. The van der Waals surface area contributed by atoms with Crippen LogP contribution in [0.3, 0.4) is 0 Å². The van der Waals surface area contributed by atoms with Gasteiger partial charge >= 0.3 is 0 Å². The number of H-pyrrole nitrogens is 1. The van der Waals surface area contributed by atoms with Gasteiger partial charge in [0.2, 0.25) is 0 Å². The van der Waals surface area contributed by atoms with Gasteiger partial charge in [-0.3, -0.25) is 5.10 Å². The summed E-state index contributed by atoms with van der Waals surface area (Å²) in [5, 5.41) is 7.58. The zero-order valence-electron chi connectivity index (χ0n) is 9.31. The first-order valence-corrected chi connectivity index (χ1v) is 5.29. The van der Waals surface area contributed by atoms with Gasteiger partial charge in [-0.2, -0.15) is 5.10 Å². The van der Waals surface area contributed by atoms with E-state index >= 15 is 0 Å². The van der Waals surface area contributed by atoms with Crippen molar-refractivity contribution < 1.29 is 0 Å². The number of hydrogen-bond acceptors (Lipinski definition) is 4. The van der Waals surface area contributed by atoms with Crippen LogP contribution in [0.2, 0.25) is 0 Å². The smallest absolute Gasteiger partial charge is 0.187 e. The van der Waals surface area contributed by atoms with Crippen LogP contribution in [0, 0.1) is 6.92 Å². The number of rotatable bonds is 1. The molecular weight excluding hydrogens is 214 g/mol. The molecule has 5 heteroatoms. The van der Waals surface area contributed by atoms with E-state index in [9.17, 15) is 0 Å². The van der Waals surface area contributed by atoms with Gasteiger partial charge in [-0.05, 0) is 6.92 Å². The Kier molecular flexibility index (Phi) is 2.04. The van der Waals surface area contributed by atoms with Crippen molar-refractivity contribution in [1.82, 2.24) is 20.2 Å². The molecule has 0 aliphatic heterocycles. The van der Waals surface area contributed by atoms with Crippen LogP contribution in [0.5, 0.6) is 0 Å². The first kappa shape index (κ1) is 9.77. The number of nitrogens with one attached hydrogen (secondary N) is 1. The fourth-order valence-corrected chi connectivity index (χ4v) is 1.84. The number of nitrogens with two attached hydrogens (primary N) is 1. The van der Waals surface area contributed by atoms with Crippen LogP contribution in [0.4, 0.5) is 5.82 Å². The van der Waals surface area contributed by atoms with E-state index in [1.54, 1.807) is 0 Å². The number of aromatic amines is 1. The highest BCUT2D eigenvalue weighted by Crippen LogP contribution is 2.22. The van der Waals surface area contributed by atoms with Crippen molar-refractivity contribution in [3.05, 3.63) is 36.0 Å². The van der Waals surface area contributed by atoms with Gasteiger partial charge in [0, 0.05) is 5.56 Å². The Labute approximate surface area is 97.7 Å². The molecule has 3 N–H and O–H groups in total. The van der Waals surface area contributed by atoms with E-state index in [4.69, 9.17) is 5.73 Å². The van der Waals surface area contributed by atoms with Crippen LogP contribution in [0.15, 0.2) is 30.3 Å². The quantitative estimate of drug-likeness (QED) is 0.663. The van der Waals surface area contributed by atoms with Crippen molar-refractivity contribution in [3.63, 3.8) is 0 Å². The minimum absolute atomic E-state index is 0.511. The van der Waals surface area contributed by atoms with Gasteiger partial charge < -0.3 is 5.73 Å². The summed E-state index contributed by atoms with van der Waals surface area (Å²) >= 11 is 0. The van der Waals surface area contributed by atoms with E-state index < -0.39 is 0 Å². The molecule has 0 aliphatic rings. The number of fused-ring (bicyclic) bond motifs is 1. The molecule has 0 bridgehead atoms. The molecule has 0 saturated carbocycles. The molecule has 0 unspecified atom stereocenters. The minimum Gasteiger partial charge on any atom is -0.383 e. The number of hydrogen-bond donors (Lipinski definition) is 2. The standard InChI is InChI=1S/C12H11N5/c1-7-9-10(13)16-17-12(9)15-11(14-7)8-5-3-2-4-6-8/h2-6H,1H3,(H3,13,14,15,16,17). The third-order valence-electron chi connectivity index (χ3n) is 2.65. The molecule has 0 spiro atoms. The molecule has 17 heavy (non-hydrogen) atoms. The van der Waals surface area contributed by atoms with E-state index in [0.29, 0.717) is 17.3 Å². The zero-order chi connectivity index (χ0) is 11.8. The van der Waals surface area contributed by atoms with Crippen molar-refractivity contribution in [1.29, 1.82) is 0 Å². The monoisotopic (exact) mass is 225 g/mol. The second-order valence-electron chi connectivity index (χ2n) is 3.83. The number of aromatic nitrogens is 4. The van der Waals surface area contributed by atoms with Crippen LogP contribution in [-0.2, 0) is 0 Å². The molecule has 1 aromatic carbocycles. The maximum atomic E-state index is 5.77. The molecule has 3 aromatic rings. The summed E-state index contributed by atoms with van der Waals surface area (Å²) in [6, 6.07) is 9.81. The Morgan fingerprint density at radius 1 is 1.12 bits per heavy atom. The normalized spacial score (nSPS) is 10.9. The van der Waals surface area contributed by atoms with Crippen LogP contribution in [0.25, 0.3) is 22.4 Å². The molecule has 3 rings (SSSR count). The molecule has 0 fully saturated rings. The molecule has 0 saturated heterocycles. The van der Waals surface area contributed by atoms with Crippen molar-refractivity contribution in [2.45, 2.75) is 6.92 Å². The topological polar surface area (TPSA) is 80.5 Å². The van der Waals surface area contributed by atoms with Crippen LogP contribution in [0.1, 0.15) is 5.69 Å². The molecule has 2 heterocycles. The fraction of sp³-hybridized carbons (Fsp3) is 0.0833. The Morgan fingerprint density at radius 2 is 1.88 bits per heavy atom. The lowest BCUT2D eigenvalue weighted by molar-refractivity contribution is 1.09. The lowest BCUT2D eigenvalue weighted by Crippen LogP contribution is -1.94. The largest absolute Gasteiger partial charge is 0.383 e. The predicted molar refractivity (Wildman–Crippen MR) is 66.3 cm³/mol. The Morgan fingerprint density at radius 3 is 2.65 bits per heavy atom. The van der Waals surface area contributed by atoms with E-state index in [2.05, 4.69) is 20.2 Å². The molecule has 0 radical (unpaired) electrons. The summed E-state index contributed by atoms with van der Waals surface area (Å²) in [4.78, 5) is 8.85. The average Bonchev–Trinajstić information content (AvgIpc) is 2.73. The van der Waals surface area contributed by atoms with Gasteiger partial charge in [-0.25, -0.2) is 9.97 Å². The first-order valence-electron chi connectivity index (χ1n) is 5.29. The summed E-state index contributed by atoms with van der Waals surface area (Å²) in [6.07, 6.45) is 0. The van der Waals surface area contributed by atoms with Gasteiger partial charge in [0.25, 0.3) is 0 Å². The maximum Gasteiger partial charge on any atom is 0.187 e.